The summed E-state index contributed by atoms with van der Waals surface area (Å²) in [7, 11) is 0. The van der Waals surface area contributed by atoms with Crippen LogP contribution in [0.3, 0.4) is 0 Å². The van der Waals surface area contributed by atoms with Crippen molar-refractivity contribution < 1.29 is 4.79 Å². The minimum Gasteiger partial charge on any atom is -0.280 e. The summed E-state index contributed by atoms with van der Waals surface area (Å²) in [6.07, 6.45) is 3.71. The van der Waals surface area contributed by atoms with Crippen molar-refractivity contribution in [2.75, 3.05) is 0 Å². The van der Waals surface area contributed by atoms with E-state index >= 15 is 0 Å². The van der Waals surface area contributed by atoms with Crippen LogP contribution < -0.4 is 5.43 Å². The van der Waals surface area contributed by atoms with Gasteiger partial charge in [0.15, 0.2) is 5.57 Å². The summed E-state index contributed by atoms with van der Waals surface area (Å²) in [5.74, 6) is -0.184. The number of carbonyl (C=O) groups excluding carboxylic acids is 1. The van der Waals surface area contributed by atoms with Crippen LogP contribution in [0.2, 0.25) is 0 Å². The molecule has 1 N–H and O–H groups in total. The monoisotopic (exact) mass is 252 g/mol. The first kappa shape index (κ1) is 11.7. The van der Waals surface area contributed by atoms with E-state index < -0.39 is 0 Å². The SMILES string of the molecule is [CH2+]C(=O)C1=CC2NN=NC2C(c2ccc(C)cc2)=C1. The highest BCUT2D eigenvalue weighted by Gasteiger charge is 2.35. The number of fused-ring (bicyclic) bond motifs is 1. The summed E-state index contributed by atoms with van der Waals surface area (Å²) in [5.41, 5.74) is 6.80. The van der Waals surface area contributed by atoms with Crippen LogP contribution in [0.25, 0.3) is 5.57 Å². The molecule has 0 fully saturated rings. The fraction of sp³-hybridized carbons (Fsp3) is 0.200. The normalized spacial score (nSPS) is 24.3. The van der Waals surface area contributed by atoms with Gasteiger partial charge in [-0.25, -0.2) is 4.79 Å². The second kappa shape index (κ2) is 4.39. The summed E-state index contributed by atoms with van der Waals surface area (Å²) >= 11 is 0. The third kappa shape index (κ3) is 2.05. The number of allylic oxidation sites excluding steroid dienone is 2. The van der Waals surface area contributed by atoms with Crippen LogP contribution in [-0.4, -0.2) is 17.9 Å². The Morgan fingerprint density at radius 1 is 1.32 bits per heavy atom. The number of Topliss-reactive ketones (excluding diaryl/α,β-unsaturated/α-hetero) is 1. The van der Waals surface area contributed by atoms with Crippen LogP contribution in [0.15, 0.2) is 52.3 Å². The number of rotatable bonds is 2. The van der Waals surface area contributed by atoms with E-state index in [0.29, 0.717) is 5.57 Å². The van der Waals surface area contributed by atoms with Crippen molar-refractivity contribution in [2.24, 2.45) is 10.3 Å². The van der Waals surface area contributed by atoms with Gasteiger partial charge in [0.05, 0.1) is 6.92 Å². The molecule has 1 aliphatic heterocycles. The average Bonchev–Trinajstić information content (AvgIpc) is 2.86. The van der Waals surface area contributed by atoms with Gasteiger partial charge in [-0.1, -0.05) is 35.1 Å². The van der Waals surface area contributed by atoms with E-state index in [2.05, 4.69) is 34.8 Å². The lowest BCUT2D eigenvalue weighted by Crippen LogP contribution is -2.32. The molecule has 1 heterocycles. The maximum absolute atomic E-state index is 11.5. The Morgan fingerprint density at radius 3 is 2.74 bits per heavy atom. The fourth-order valence-corrected chi connectivity index (χ4v) is 2.36. The van der Waals surface area contributed by atoms with E-state index in [1.807, 2.05) is 31.2 Å². The van der Waals surface area contributed by atoms with Gasteiger partial charge in [0.1, 0.15) is 12.1 Å². The van der Waals surface area contributed by atoms with Crippen LogP contribution in [0.1, 0.15) is 11.1 Å². The number of benzene rings is 1. The van der Waals surface area contributed by atoms with Crippen molar-refractivity contribution in [1.29, 1.82) is 0 Å². The molecule has 4 nitrogen and oxygen atoms in total. The van der Waals surface area contributed by atoms with Gasteiger partial charge in [0.25, 0.3) is 0 Å². The molecule has 0 spiro atoms. The zero-order valence-corrected chi connectivity index (χ0v) is 10.6. The maximum Gasteiger partial charge on any atom is 0.333 e. The van der Waals surface area contributed by atoms with Gasteiger partial charge in [-0.15, -0.1) is 0 Å². The average molecular weight is 252 g/mol. The summed E-state index contributed by atoms with van der Waals surface area (Å²) in [6, 6.07) is 8.07. The van der Waals surface area contributed by atoms with Crippen LogP contribution >= 0.6 is 0 Å². The number of ketones is 1. The molecule has 1 aliphatic carbocycles. The molecule has 2 atom stereocenters. The lowest BCUT2D eigenvalue weighted by molar-refractivity contribution is -0.111. The Labute approximate surface area is 111 Å². The van der Waals surface area contributed by atoms with Gasteiger partial charge in [-0.3, -0.25) is 5.43 Å². The van der Waals surface area contributed by atoms with Crippen LogP contribution in [0.5, 0.6) is 0 Å². The third-order valence-corrected chi connectivity index (χ3v) is 3.42. The number of hydrogen-bond donors (Lipinski definition) is 1. The van der Waals surface area contributed by atoms with E-state index in [4.69, 9.17) is 0 Å². The van der Waals surface area contributed by atoms with Crippen molar-refractivity contribution in [3.63, 3.8) is 0 Å². The first-order valence-corrected chi connectivity index (χ1v) is 6.17. The van der Waals surface area contributed by atoms with E-state index in [1.165, 1.54) is 5.56 Å². The molecule has 4 heteroatoms. The molecule has 3 rings (SSSR count). The summed E-state index contributed by atoms with van der Waals surface area (Å²) in [6.45, 7) is 5.52. The smallest absolute Gasteiger partial charge is 0.280 e. The number of carbonyl (C=O) groups is 1. The van der Waals surface area contributed by atoms with Crippen LogP contribution in [-0.2, 0) is 4.79 Å². The Balaban J connectivity index is 2.06. The van der Waals surface area contributed by atoms with Crippen LogP contribution in [0.4, 0.5) is 0 Å². The van der Waals surface area contributed by atoms with Gasteiger partial charge in [0, 0.05) is 17.7 Å². The second-order valence-corrected chi connectivity index (χ2v) is 4.83. The number of nitrogens with zero attached hydrogens (tertiary/aromatic N) is 2. The predicted octanol–water partition coefficient (Wildman–Crippen LogP) is 2.43. The van der Waals surface area contributed by atoms with Gasteiger partial charge in [0.2, 0.25) is 0 Å². The zero-order chi connectivity index (χ0) is 13.4. The molecule has 0 bridgehead atoms. The molecule has 1 aromatic rings. The molecular formula is C15H14N3O+. The lowest BCUT2D eigenvalue weighted by atomic mass is 9.86. The highest BCUT2D eigenvalue weighted by molar-refractivity contribution is 6.03. The highest BCUT2D eigenvalue weighted by Crippen LogP contribution is 2.32. The summed E-state index contributed by atoms with van der Waals surface area (Å²) in [5, 5.41) is 8.07. The maximum atomic E-state index is 11.5. The van der Waals surface area contributed by atoms with E-state index in [1.54, 1.807) is 0 Å². The fourth-order valence-electron chi connectivity index (χ4n) is 2.36. The van der Waals surface area contributed by atoms with Gasteiger partial charge < -0.3 is 0 Å². The molecule has 0 aromatic heterocycles. The Hall–Kier alpha value is -2.36. The summed E-state index contributed by atoms with van der Waals surface area (Å²) < 4.78 is 0. The minimum atomic E-state index is -0.184. The second-order valence-electron chi connectivity index (χ2n) is 4.83. The van der Waals surface area contributed by atoms with E-state index in [-0.39, 0.29) is 17.9 Å². The predicted molar refractivity (Wildman–Crippen MR) is 73.2 cm³/mol. The minimum absolute atomic E-state index is 0.0537. The number of aryl methyl sites for hydroxylation is 1. The van der Waals surface area contributed by atoms with Crippen molar-refractivity contribution >= 4 is 11.4 Å². The van der Waals surface area contributed by atoms with Crippen molar-refractivity contribution in [2.45, 2.75) is 19.0 Å². The molecular weight excluding hydrogens is 238 g/mol. The molecule has 2 aliphatic rings. The first-order valence-electron chi connectivity index (χ1n) is 6.17. The molecule has 2 unspecified atom stereocenters. The quantitative estimate of drug-likeness (QED) is 0.822. The van der Waals surface area contributed by atoms with Gasteiger partial charge >= 0.3 is 5.78 Å². The molecule has 1 aromatic carbocycles. The van der Waals surface area contributed by atoms with E-state index in [9.17, 15) is 4.79 Å². The molecule has 0 amide bonds. The Morgan fingerprint density at radius 2 is 2.05 bits per heavy atom. The highest BCUT2D eigenvalue weighted by atomic mass is 16.1. The Kier molecular flexibility index (Phi) is 2.71. The summed E-state index contributed by atoms with van der Waals surface area (Å²) in [4.78, 5) is 11.5. The zero-order valence-electron chi connectivity index (χ0n) is 10.6. The standard InChI is InChI=1S/C15H14N3O/c1-9-3-5-11(6-4-9)13-7-12(10(2)19)8-14-15(13)17-18-16-14/h3-8,14-15H,2H2,1H3,(H,16,17)/q+1. The lowest BCUT2D eigenvalue weighted by Gasteiger charge is -2.19. The van der Waals surface area contributed by atoms with Gasteiger partial charge in [-0.05, 0) is 12.5 Å². The molecule has 94 valence electrons. The molecule has 0 saturated heterocycles. The third-order valence-electron chi connectivity index (χ3n) is 3.42. The van der Waals surface area contributed by atoms with Crippen molar-refractivity contribution in [1.82, 2.24) is 5.43 Å². The van der Waals surface area contributed by atoms with Gasteiger partial charge in [-0.2, -0.15) is 5.11 Å². The largest absolute Gasteiger partial charge is 0.333 e. The number of hydrogen-bond acceptors (Lipinski definition) is 4. The van der Waals surface area contributed by atoms with Crippen LogP contribution in [0, 0.1) is 13.8 Å². The topological polar surface area (TPSA) is 53.8 Å². The molecule has 0 radical (unpaired) electrons. The van der Waals surface area contributed by atoms with E-state index in [0.717, 1.165) is 11.1 Å². The first-order chi connectivity index (χ1) is 9.15. The Bertz CT molecular complexity index is 611. The molecule has 19 heavy (non-hydrogen) atoms. The van der Waals surface area contributed by atoms with Crippen molar-refractivity contribution in [3.8, 4) is 0 Å². The van der Waals surface area contributed by atoms with Crippen molar-refractivity contribution in [3.05, 3.63) is 60.0 Å². The number of nitrogens with one attached hydrogen (secondary N) is 1. The molecule has 0 saturated carbocycles.